The summed E-state index contributed by atoms with van der Waals surface area (Å²) >= 11 is 5.40. The zero-order chi connectivity index (χ0) is 18.5. The van der Waals surface area contributed by atoms with Crippen molar-refractivity contribution in [3.05, 3.63) is 53.7 Å². The predicted molar refractivity (Wildman–Crippen MR) is 96.1 cm³/mol. The van der Waals surface area contributed by atoms with Crippen LogP contribution in [-0.2, 0) is 11.3 Å². The van der Waals surface area contributed by atoms with Crippen molar-refractivity contribution in [1.29, 1.82) is 0 Å². The van der Waals surface area contributed by atoms with E-state index in [0.29, 0.717) is 24.7 Å². The number of carbonyl (C=O) groups is 2. The lowest BCUT2D eigenvalue weighted by Crippen LogP contribution is -2.49. The molecule has 3 heterocycles. The van der Waals surface area contributed by atoms with Gasteiger partial charge in [-0.05, 0) is 42.9 Å². The first-order valence-electron chi connectivity index (χ1n) is 8.04. The van der Waals surface area contributed by atoms with Gasteiger partial charge in [-0.1, -0.05) is 0 Å². The normalized spacial score (nSPS) is 13.6. The summed E-state index contributed by atoms with van der Waals surface area (Å²) in [6, 6.07) is 6.66. The van der Waals surface area contributed by atoms with E-state index in [-0.39, 0.29) is 17.2 Å². The number of ether oxygens (including phenoxy) is 1. The molecular formula is C17H18N4O4S. The fourth-order valence-corrected chi connectivity index (χ4v) is 2.85. The number of carbonyl (C=O) groups excluding carboxylic acids is 2. The molecule has 0 unspecified atom stereocenters. The number of hydrazine groups is 1. The molecule has 0 aliphatic carbocycles. The van der Waals surface area contributed by atoms with Gasteiger partial charge in [0.25, 0.3) is 5.91 Å². The summed E-state index contributed by atoms with van der Waals surface area (Å²) in [5.41, 5.74) is 0.524. The first-order chi connectivity index (χ1) is 12.6. The lowest BCUT2D eigenvalue weighted by atomic mass is 10.2. The number of methoxy groups -OCH3 is 1. The molecule has 26 heavy (non-hydrogen) atoms. The van der Waals surface area contributed by atoms with Crippen LogP contribution in [0.5, 0.6) is 0 Å². The summed E-state index contributed by atoms with van der Waals surface area (Å²) in [6.07, 6.45) is 3.72. The molecule has 1 saturated heterocycles. The predicted octanol–water partition coefficient (Wildman–Crippen LogP) is 1.60. The molecule has 1 N–H and O–H groups in total. The minimum atomic E-state index is -0.498. The first-order valence-corrected chi connectivity index (χ1v) is 8.45. The highest BCUT2D eigenvalue weighted by atomic mass is 32.1. The molecular weight excluding hydrogens is 356 g/mol. The van der Waals surface area contributed by atoms with Gasteiger partial charge in [0.05, 0.1) is 25.5 Å². The fourth-order valence-electron chi connectivity index (χ4n) is 2.59. The van der Waals surface area contributed by atoms with Crippen LogP contribution in [0.15, 0.2) is 41.1 Å². The van der Waals surface area contributed by atoms with Crippen molar-refractivity contribution in [2.24, 2.45) is 0 Å². The minimum Gasteiger partial charge on any atom is -0.467 e. The molecule has 1 fully saturated rings. The molecule has 0 aromatic carbocycles. The molecule has 9 heteroatoms. The number of thiocarbonyl (C=S) groups is 1. The van der Waals surface area contributed by atoms with Crippen LogP contribution in [0.3, 0.4) is 0 Å². The Balaban J connectivity index is 1.65. The average Bonchev–Trinajstić information content (AvgIpc) is 3.36. The summed E-state index contributed by atoms with van der Waals surface area (Å²) in [5.74, 6) is -0.0202. The quantitative estimate of drug-likeness (QED) is 0.638. The molecule has 136 valence electrons. The molecule has 2 aromatic rings. The molecule has 8 nitrogen and oxygen atoms in total. The second-order valence-corrected chi connectivity index (χ2v) is 5.95. The highest BCUT2D eigenvalue weighted by molar-refractivity contribution is 7.80. The zero-order valence-corrected chi connectivity index (χ0v) is 15.0. The van der Waals surface area contributed by atoms with Gasteiger partial charge in [0.2, 0.25) is 0 Å². The maximum atomic E-state index is 12.7. The third-order valence-corrected chi connectivity index (χ3v) is 4.25. The van der Waals surface area contributed by atoms with Crippen LogP contribution < -0.4 is 5.32 Å². The first kappa shape index (κ1) is 17.9. The number of pyridine rings is 1. The summed E-state index contributed by atoms with van der Waals surface area (Å²) in [6.45, 7) is 1.62. The number of aromatic nitrogens is 1. The Morgan fingerprint density at radius 3 is 2.77 bits per heavy atom. The third-order valence-electron chi connectivity index (χ3n) is 3.90. The number of esters is 1. The van der Waals surface area contributed by atoms with Crippen LogP contribution in [0.4, 0.5) is 0 Å². The van der Waals surface area contributed by atoms with E-state index < -0.39 is 5.97 Å². The molecule has 1 aliphatic rings. The number of furan rings is 1. The van der Waals surface area contributed by atoms with Gasteiger partial charge in [0.1, 0.15) is 11.5 Å². The molecule has 0 spiro atoms. The van der Waals surface area contributed by atoms with Crippen LogP contribution in [0, 0.1) is 0 Å². The Kier molecular flexibility index (Phi) is 5.47. The van der Waals surface area contributed by atoms with Gasteiger partial charge < -0.3 is 14.5 Å². The van der Waals surface area contributed by atoms with Gasteiger partial charge in [-0.2, -0.15) is 0 Å². The molecule has 1 aliphatic heterocycles. The summed E-state index contributed by atoms with van der Waals surface area (Å²) < 4.78 is 9.89. The van der Waals surface area contributed by atoms with Gasteiger partial charge >= 0.3 is 5.97 Å². The van der Waals surface area contributed by atoms with Gasteiger partial charge in [0, 0.05) is 19.3 Å². The molecule has 2 aromatic heterocycles. The van der Waals surface area contributed by atoms with Crippen molar-refractivity contribution in [3.63, 3.8) is 0 Å². The van der Waals surface area contributed by atoms with Crippen molar-refractivity contribution in [2.45, 2.75) is 13.0 Å². The Morgan fingerprint density at radius 1 is 1.31 bits per heavy atom. The molecule has 1 amide bonds. The molecule has 0 saturated carbocycles. The van der Waals surface area contributed by atoms with E-state index in [2.05, 4.69) is 15.0 Å². The van der Waals surface area contributed by atoms with E-state index >= 15 is 0 Å². The highest BCUT2D eigenvalue weighted by Gasteiger charge is 2.30. The summed E-state index contributed by atoms with van der Waals surface area (Å²) in [7, 11) is 1.29. The topological polar surface area (TPSA) is 87.9 Å². The van der Waals surface area contributed by atoms with Gasteiger partial charge in [-0.3, -0.25) is 14.8 Å². The van der Waals surface area contributed by atoms with E-state index in [1.807, 2.05) is 6.07 Å². The highest BCUT2D eigenvalue weighted by Crippen LogP contribution is 2.15. The van der Waals surface area contributed by atoms with Crippen LogP contribution >= 0.6 is 12.2 Å². The van der Waals surface area contributed by atoms with Crippen LogP contribution in [0.25, 0.3) is 0 Å². The van der Waals surface area contributed by atoms with Crippen molar-refractivity contribution < 1.29 is 18.7 Å². The standard InChI is InChI=1S/C17H18N4O4S/c1-24-16(23)12-5-6-14(18-10-12)15(22)20-7-3-8-21(20)17(26)19-11-13-4-2-9-25-13/h2,4-6,9-10H,3,7-8,11H2,1H3,(H,19,26). The Hall–Kier alpha value is -2.94. The number of hydrogen-bond donors (Lipinski definition) is 1. The van der Waals surface area contributed by atoms with Crippen LogP contribution in [-0.4, -0.2) is 52.2 Å². The fraction of sp³-hybridized carbons (Fsp3) is 0.294. The van der Waals surface area contributed by atoms with Gasteiger partial charge in [-0.25, -0.2) is 9.80 Å². The number of nitrogens with zero attached hydrogens (tertiary/aromatic N) is 3. The largest absolute Gasteiger partial charge is 0.467 e. The third kappa shape index (κ3) is 3.83. The summed E-state index contributed by atoms with van der Waals surface area (Å²) in [5, 5.41) is 6.80. The van der Waals surface area contributed by atoms with E-state index in [9.17, 15) is 9.59 Å². The zero-order valence-electron chi connectivity index (χ0n) is 14.2. The van der Waals surface area contributed by atoms with Crippen LogP contribution in [0.1, 0.15) is 33.0 Å². The lowest BCUT2D eigenvalue weighted by molar-refractivity contribution is 0.0483. The number of hydrogen-bond acceptors (Lipinski definition) is 6. The van der Waals surface area contributed by atoms with Crippen molar-refractivity contribution >= 4 is 29.2 Å². The van der Waals surface area contributed by atoms with E-state index in [1.54, 1.807) is 22.3 Å². The number of rotatable bonds is 4. The minimum absolute atomic E-state index is 0.235. The number of nitrogens with one attached hydrogen (secondary N) is 1. The van der Waals surface area contributed by atoms with E-state index in [1.165, 1.54) is 25.4 Å². The Morgan fingerprint density at radius 2 is 2.12 bits per heavy atom. The lowest BCUT2D eigenvalue weighted by Gasteiger charge is -2.29. The molecule has 0 radical (unpaired) electrons. The summed E-state index contributed by atoms with van der Waals surface area (Å²) in [4.78, 5) is 28.3. The maximum Gasteiger partial charge on any atom is 0.339 e. The van der Waals surface area contributed by atoms with Gasteiger partial charge in [-0.15, -0.1) is 0 Å². The second kappa shape index (κ2) is 7.96. The van der Waals surface area contributed by atoms with Crippen molar-refractivity contribution in [3.8, 4) is 0 Å². The monoisotopic (exact) mass is 374 g/mol. The van der Waals surface area contributed by atoms with Crippen molar-refractivity contribution in [1.82, 2.24) is 20.3 Å². The second-order valence-electron chi connectivity index (χ2n) is 5.57. The Bertz CT molecular complexity index is 792. The SMILES string of the molecule is COC(=O)c1ccc(C(=O)N2CCCN2C(=S)NCc2ccco2)nc1. The van der Waals surface area contributed by atoms with Crippen molar-refractivity contribution in [2.75, 3.05) is 20.2 Å². The molecule has 0 bridgehead atoms. The average molecular weight is 374 g/mol. The smallest absolute Gasteiger partial charge is 0.339 e. The molecule has 0 atom stereocenters. The van der Waals surface area contributed by atoms with Crippen LogP contribution in [0.2, 0.25) is 0 Å². The molecule has 3 rings (SSSR count). The maximum absolute atomic E-state index is 12.7. The Labute approximate surface area is 155 Å². The van der Waals surface area contributed by atoms with Gasteiger partial charge in [0.15, 0.2) is 5.11 Å². The van der Waals surface area contributed by atoms with E-state index in [0.717, 1.165) is 12.2 Å². The van der Waals surface area contributed by atoms with E-state index in [4.69, 9.17) is 16.6 Å². The number of amides is 1.